The molecule has 2 aromatic heterocycles. The van der Waals surface area contributed by atoms with E-state index in [4.69, 9.17) is 0 Å². The lowest BCUT2D eigenvalue weighted by atomic mass is 10.1. The first-order valence-corrected chi connectivity index (χ1v) is 5.72. The zero-order valence-electron chi connectivity index (χ0n) is 9.89. The second kappa shape index (κ2) is 4.18. The summed E-state index contributed by atoms with van der Waals surface area (Å²) in [5.74, 6) is -0.272. The van der Waals surface area contributed by atoms with Gasteiger partial charge in [0.25, 0.3) is 0 Å². The predicted molar refractivity (Wildman–Crippen MR) is 69.7 cm³/mol. The van der Waals surface area contributed by atoms with Crippen LogP contribution in [0.2, 0.25) is 0 Å². The molecule has 2 nitrogen and oxygen atoms in total. The van der Waals surface area contributed by atoms with E-state index in [9.17, 15) is 4.39 Å². The molecule has 0 saturated carbocycles. The van der Waals surface area contributed by atoms with Crippen LogP contribution in [-0.2, 0) is 0 Å². The Morgan fingerprint density at radius 2 is 1.94 bits per heavy atom. The van der Waals surface area contributed by atoms with E-state index in [0.717, 1.165) is 22.3 Å². The average Bonchev–Trinajstić information content (AvgIpc) is 2.39. The van der Waals surface area contributed by atoms with Crippen molar-refractivity contribution in [3.8, 4) is 11.4 Å². The summed E-state index contributed by atoms with van der Waals surface area (Å²) in [5.41, 5.74) is 3.30. The first-order chi connectivity index (χ1) is 8.74. The third-order valence-electron chi connectivity index (χ3n) is 2.88. The molecule has 3 rings (SSSR count). The van der Waals surface area contributed by atoms with Crippen LogP contribution in [0.1, 0.15) is 5.56 Å². The van der Waals surface area contributed by atoms with E-state index in [0.29, 0.717) is 5.52 Å². The molecule has 0 saturated heterocycles. The van der Waals surface area contributed by atoms with Crippen LogP contribution in [0.4, 0.5) is 4.39 Å². The molecule has 0 amide bonds. The maximum absolute atomic E-state index is 13.2. The Kier molecular flexibility index (Phi) is 2.52. The monoisotopic (exact) mass is 238 g/mol. The number of hydrogen-bond donors (Lipinski definition) is 0. The highest BCUT2D eigenvalue weighted by molar-refractivity contribution is 5.82. The third-order valence-corrected chi connectivity index (χ3v) is 2.88. The van der Waals surface area contributed by atoms with Crippen molar-refractivity contribution in [2.75, 3.05) is 0 Å². The zero-order chi connectivity index (χ0) is 12.5. The summed E-state index contributed by atoms with van der Waals surface area (Å²) < 4.78 is 13.2. The minimum Gasteiger partial charge on any atom is -0.255 e. The van der Waals surface area contributed by atoms with Crippen LogP contribution in [0.25, 0.3) is 22.3 Å². The molecule has 0 N–H and O–H groups in total. The van der Waals surface area contributed by atoms with Gasteiger partial charge in [0, 0.05) is 17.6 Å². The van der Waals surface area contributed by atoms with Crippen molar-refractivity contribution in [2.45, 2.75) is 6.92 Å². The van der Waals surface area contributed by atoms with Gasteiger partial charge < -0.3 is 0 Å². The Bertz CT molecular complexity index is 708. The van der Waals surface area contributed by atoms with Crippen molar-refractivity contribution >= 4 is 10.9 Å². The molecule has 2 heterocycles. The van der Waals surface area contributed by atoms with Gasteiger partial charge in [-0.3, -0.25) is 4.98 Å². The van der Waals surface area contributed by atoms with Crippen LogP contribution in [0, 0.1) is 12.7 Å². The quantitative estimate of drug-likeness (QED) is 0.645. The van der Waals surface area contributed by atoms with Gasteiger partial charge in [-0.25, -0.2) is 9.37 Å². The smallest absolute Gasteiger partial charge is 0.125 e. The van der Waals surface area contributed by atoms with E-state index < -0.39 is 0 Å². The average molecular weight is 238 g/mol. The van der Waals surface area contributed by atoms with Crippen LogP contribution in [-0.4, -0.2) is 9.97 Å². The molecule has 0 fully saturated rings. The van der Waals surface area contributed by atoms with Crippen molar-refractivity contribution in [1.29, 1.82) is 0 Å². The largest absolute Gasteiger partial charge is 0.255 e. The van der Waals surface area contributed by atoms with E-state index in [1.54, 1.807) is 12.3 Å². The minimum absolute atomic E-state index is 0.272. The van der Waals surface area contributed by atoms with Crippen molar-refractivity contribution in [3.63, 3.8) is 0 Å². The number of pyridine rings is 2. The summed E-state index contributed by atoms with van der Waals surface area (Å²) in [5, 5.41) is 0.939. The van der Waals surface area contributed by atoms with Gasteiger partial charge in [-0.15, -0.1) is 0 Å². The molecule has 1 aromatic carbocycles. The van der Waals surface area contributed by atoms with Gasteiger partial charge in [-0.2, -0.15) is 0 Å². The molecular formula is C15H11FN2. The van der Waals surface area contributed by atoms with Crippen LogP contribution >= 0.6 is 0 Å². The molecule has 0 atom stereocenters. The lowest BCUT2D eigenvalue weighted by molar-refractivity contribution is 0.629. The molecule has 3 aromatic rings. The summed E-state index contributed by atoms with van der Waals surface area (Å²) in [4.78, 5) is 8.79. The van der Waals surface area contributed by atoms with E-state index in [-0.39, 0.29) is 5.82 Å². The second-order valence-corrected chi connectivity index (χ2v) is 4.21. The Morgan fingerprint density at radius 3 is 2.72 bits per heavy atom. The van der Waals surface area contributed by atoms with Crippen molar-refractivity contribution in [2.24, 2.45) is 0 Å². The number of fused-ring (bicyclic) bond motifs is 1. The van der Waals surface area contributed by atoms with Gasteiger partial charge in [0.15, 0.2) is 0 Å². The Balaban J connectivity index is 2.27. The highest BCUT2D eigenvalue weighted by atomic mass is 19.1. The number of benzene rings is 1. The van der Waals surface area contributed by atoms with Crippen molar-refractivity contribution in [3.05, 3.63) is 60.0 Å². The van der Waals surface area contributed by atoms with E-state index in [1.807, 2.05) is 31.2 Å². The predicted octanol–water partition coefficient (Wildman–Crippen LogP) is 3.74. The maximum Gasteiger partial charge on any atom is 0.125 e. The first-order valence-electron chi connectivity index (χ1n) is 5.72. The van der Waals surface area contributed by atoms with Crippen LogP contribution in [0.15, 0.2) is 48.7 Å². The maximum atomic E-state index is 13.2. The molecule has 0 aliphatic rings. The fourth-order valence-corrected chi connectivity index (χ4v) is 2.01. The standard InChI is InChI=1S/C15H11FN2/c1-10-8-11-5-6-12(16)9-14(11)18-15(10)13-4-2-3-7-17-13/h2-9H,1H3. The first kappa shape index (κ1) is 10.8. The van der Waals surface area contributed by atoms with E-state index >= 15 is 0 Å². The molecule has 18 heavy (non-hydrogen) atoms. The molecule has 0 aliphatic heterocycles. The summed E-state index contributed by atoms with van der Waals surface area (Å²) >= 11 is 0. The molecule has 0 radical (unpaired) electrons. The number of rotatable bonds is 1. The van der Waals surface area contributed by atoms with Crippen LogP contribution < -0.4 is 0 Å². The normalized spacial score (nSPS) is 10.8. The summed E-state index contributed by atoms with van der Waals surface area (Å²) in [6, 6.07) is 12.3. The summed E-state index contributed by atoms with van der Waals surface area (Å²) in [7, 11) is 0. The molecule has 0 spiro atoms. The third kappa shape index (κ3) is 1.84. The molecule has 0 bridgehead atoms. The number of nitrogens with zero attached hydrogens (tertiary/aromatic N) is 2. The number of hydrogen-bond acceptors (Lipinski definition) is 2. The van der Waals surface area contributed by atoms with Gasteiger partial charge in [-0.1, -0.05) is 6.07 Å². The van der Waals surface area contributed by atoms with Crippen LogP contribution in [0.3, 0.4) is 0 Å². The molecule has 88 valence electrons. The van der Waals surface area contributed by atoms with E-state index in [1.165, 1.54) is 12.1 Å². The van der Waals surface area contributed by atoms with Crippen molar-refractivity contribution in [1.82, 2.24) is 9.97 Å². The second-order valence-electron chi connectivity index (χ2n) is 4.21. The molecule has 0 aliphatic carbocycles. The van der Waals surface area contributed by atoms with E-state index in [2.05, 4.69) is 9.97 Å². The molecule has 3 heteroatoms. The zero-order valence-corrected chi connectivity index (χ0v) is 9.89. The summed E-state index contributed by atoms with van der Waals surface area (Å²) in [6.07, 6.45) is 1.73. The lowest BCUT2D eigenvalue weighted by Gasteiger charge is -2.06. The van der Waals surface area contributed by atoms with Crippen molar-refractivity contribution < 1.29 is 4.39 Å². The Morgan fingerprint density at radius 1 is 1.06 bits per heavy atom. The SMILES string of the molecule is Cc1cc2ccc(F)cc2nc1-c1ccccn1. The number of aryl methyl sites for hydroxylation is 1. The topological polar surface area (TPSA) is 25.8 Å². The Labute approximate surface area is 104 Å². The van der Waals surface area contributed by atoms with Gasteiger partial charge >= 0.3 is 0 Å². The van der Waals surface area contributed by atoms with Gasteiger partial charge in [-0.05, 0) is 42.8 Å². The fourth-order valence-electron chi connectivity index (χ4n) is 2.01. The summed E-state index contributed by atoms with van der Waals surface area (Å²) in [6.45, 7) is 1.99. The van der Waals surface area contributed by atoms with Gasteiger partial charge in [0.2, 0.25) is 0 Å². The lowest BCUT2D eigenvalue weighted by Crippen LogP contribution is -1.92. The fraction of sp³-hybridized carbons (Fsp3) is 0.0667. The number of halogens is 1. The molecule has 0 unspecified atom stereocenters. The van der Waals surface area contributed by atoms with Gasteiger partial charge in [0.05, 0.1) is 16.9 Å². The number of aromatic nitrogens is 2. The minimum atomic E-state index is -0.272. The highest BCUT2D eigenvalue weighted by Gasteiger charge is 2.07. The van der Waals surface area contributed by atoms with Gasteiger partial charge in [0.1, 0.15) is 5.82 Å². The van der Waals surface area contributed by atoms with Crippen LogP contribution in [0.5, 0.6) is 0 Å². The Hall–Kier alpha value is -2.29. The molecular weight excluding hydrogens is 227 g/mol. The highest BCUT2D eigenvalue weighted by Crippen LogP contribution is 2.23.